The Morgan fingerprint density at radius 1 is 0.344 bits per heavy atom. The highest BCUT2D eigenvalue weighted by Gasteiger charge is 2.18. The van der Waals surface area contributed by atoms with Gasteiger partial charge in [-0.3, -0.25) is 0 Å². The van der Waals surface area contributed by atoms with E-state index in [1.807, 2.05) is 0 Å². The Morgan fingerprint density at radius 3 is 0.906 bits per heavy atom. The highest BCUT2D eigenvalue weighted by molar-refractivity contribution is 4.70. The average Bonchev–Trinajstić information content (AvgIpc) is 2.80. The monoisotopic (exact) mass is 452 g/mol. The quantitative estimate of drug-likeness (QED) is 0.123. The van der Waals surface area contributed by atoms with Gasteiger partial charge in [-0.2, -0.15) is 0 Å². The maximum atomic E-state index is 10.9. The van der Waals surface area contributed by atoms with Crippen LogP contribution in [0.5, 0.6) is 0 Å². The van der Waals surface area contributed by atoms with Crippen LogP contribution in [0.2, 0.25) is 0 Å². The van der Waals surface area contributed by atoms with Crippen molar-refractivity contribution in [1.82, 2.24) is 0 Å². The molecule has 0 fully saturated rings. The number of hydrogen-bond acceptors (Lipinski definition) is 1. The summed E-state index contributed by atoms with van der Waals surface area (Å²) in [7, 11) is 0. The van der Waals surface area contributed by atoms with Gasteiger partial charge in [0, 0.05) is 0 Å². The molecule has 0 rings (SSSR count). The van der Waals surface area contributed by atoms with Gasteiger partial charge in [0.1, 0.15) is 0 Å². The van der Waals surface area contributed by atoms with E-state index >= 15 is 0 Å². The first-order valence-electron chi connectivity index (χ1n) is 15.4. The summed E-state index contributed by atoms with van der Waals surface area (Å²) in [4.78, 5) is 0. The first-order valence-corrected chi connectivity index (χ1v) is 15.4. The van der Waals surface area contributed by atoms with Crippen LogP contribution in [0.4, 0.5) is 0 Å². The van der Waals surface area contributed by atoms with Crippen molar-refractivity contribution in [2.75, 3.05) is 0 Å². The second-order valence-electron chi connectivity index (χ2n) is 10.8. The number of rotatable bonds is 27. The molecule has 0 spiro atoms. The van der Waals surface area contributed by atoms with Crippen LogP contribution in [-0.4, -0.2) is 11.2 Å². The molecular formula is C31H64O. The van der Waals surface area contributed by atoms with Gasteiger partial charge < -0.3 is 5.11 Å². The van der Waals surface area contributed by atoms with E-state index in [2.05, 4.69) is 20.8 Å². The van der Waals surface area contributed by atoms with Crippen molar-refractivity contribution in [1.29, 1.82) is 0 Å². The predicted molar refractivity (Wildman–Crippen MR) is 147 cm³/mol. The highest BCUT2D eigenvalue weighted by Crippen LogP contribution is 2.25. The molecule has 1 heteroatoms. The van der Waals surface area contributed by atoms with Gasteiger partial charge in [0.05, 0.1) is 6.10 Å². The molecular weight excluding hydrogens is 388 g/mol. The van der Waals surface area contributed by atoms with E-state index in [9.17, 15) is 5.11 Å². The largest absolute Gasteiger partial charge is 0.393 e. The summed E-state index contributed by atoms with van der Waals surface area (Å²) in [6.07, 6.45) is 35.3. The minimum atomic E-state index is -0.0419. The van der Waals surface area contributed by atoms with Gasteiger partial charge in [-0.25, -0.2) is 0 Å². The molecule has 0 aliphatic rings. The molecule has 0 saturated heterocycles. The van der Waals surface area contributed by atoms with Crippen LogP contribution in [0, 0.1) is 5.92 Å². The molecule has 2 unspecified atom stereocenters. The Balaban J connectivity index is 4.01. The predicted octanol–water partition coefficient (Wildman–Crippen LogP) is 11.2. The Morgan fingerprint density at radius 2 is 0.594 bits per heavy atom. The third-order valence-electron chi connectivity index (χ3n) is 7.50. The summed E-state index contributed by atoms with van der Waals surface area (Å²) >= 11 is 0. The van der Waals surface area contributed by atoms with Crippen molar-refractivity contribution in [2.45, 2.75) is 194 Å². The van der Waals surface area contributed by atoms with Gasteiger partial charge in [-0.1, -0.05) is 168 Å². The van der Waals surface area contributed by atoms with Gasteiger partial charge in [0.25, 0.3) is 0 Å². The lowest BCUT2D eigenvalue weighted by Crippen LogP contribution is -2.20. The number of unbranched alkanes of at least 4 members (excludes halogenated alkanes) is 20. The third kappa shape index (κ3) is 23.1. The third-order valence-corrected chi connectivity index (χ3v) is 7.50. The fraction of sp³-hybridized carbons (Fsp3) is 1.00. The van der Waals surface area contributed by atoms with Crippen LogP contribution in [0.1, 0.15) is 188 Å². The Kier molecular flexibility index (Phi) is 27.2. The molecule has 0 aliphatic heterocycles. The molecule has 0 radical (unpaired) electrons. The first kappa shape index (κ1) is 32.0. The lowest BCUT2D eigenvalue weighted by molar-refractivity contribution is 0.0829. The fourth-order valence-electron chi connectivity index (χ4n) is 5.16. The van der Waals surface area contributed by atoms with Crippen LogP contribution in [-0.2, 0) is 0 Å². The first-order chi connectivity index (χ1) is 15.8. The topological polar surface area (TPSA) is 20.2 Å². The van der Waals surface area contributed by atoms with Crippen LogP contribution < -0.4 is 0 Å². The molecule has 1 N–H and O–H groups in total. The van der Waals surface area contributed by atoms with Gasteiger partial charge in [-0.15, -0.1) is 0 Å². The summed E-state index contributed by atoms with van der Waals surface area (Å²) in [5.74, 6) is 0.565. The van der Waals surface area contributed by atoms with Crippen molar-refractivity contribution in [3.05, 3.63) is 0 Å². The molecule has 1 nitrogen and oxygen atoms in total. The van der Waals surface area contributed by atoms with Crippen molar-refractivity contribution in [2.24, 2.45) is 5.92 Å². The van der Waals surface area contributed by atoms with Crippen molar-refractivity contribution in [3.63, 3.8) is 0 Å². The van der Waals surface area contributed by atoms with E-state index in [1.165, 1.54) is 161 Å². The van der Waals surface area contributed by atoms with Gasteiger partial charge in [0.15, 0.2) is 0 Å². The molecule has 0 bridgehead atoms. The smallest absolute Gasteiger partial charge is 0.0568 e. The zero-order chi connectivity index (χ0) is 23.5. The molecule has 0 aromatic heterocycles. The standard InChI is InChI=1S/C31H64O/c1-4-7-10-13-16-18-20-22-25-28-30(27-24-21-19-17-14-11-8-5-2)31(32)29-26-23-15-12-9-6-3/h30-32H,4-29H2,1-3H3. The molecule has 0 amide bonds. The van der Waals surface area contributed by atoms with Crippen LogP contribution in [0.3, 0.4) is 0 Å². The second-order valence-corrected chi connectivity index (χ2v) is 10.8. The lowest BCUT2D eigenvalue weighted by Gasteiger charge is -2.23. The SMILES string of the molecule is CCCCCCCCCCCC(CCCCCCCCCC)C(O)CCCCCCCC. The lowest BCUT2D eigenvalue weighted by atomic mass is 9.87. The summed E-state index contributed by atoms with van der Waals surface area (Å²) in [5, 5.41) is 10.9. The summed E-state index contributed by atoms with van der Waals surface area (Å²) < 4.78 is 0. The van der Waals surface area contributed by atoms with Gasteiger partial charge in [-0.05, 0) is 25.2 Å². The van der Waals surface area contributed by atoms with Crippen molar-refractivity contribution < 1.29 is 5.11 Å². The summed E-state index contributed by atoms with van der Waals surface area (Å²) in [5.41, 5.74) is 0. The minimum absolute atomic E-state index is 0.0419. The minimum Gasteiger partial charge on any atom is -0.393 e. The average molecular weight is 453 g/mol. The Hall–Kier alpha value is -0.0400. The normalized spacial score (nSPS) is 13.5. The fourth-order valence-corrected chi connectivity index (χ4v) is 5.16. The Labute approximate surface area is 204 Å². The van der Waals surface area contributed by atoms with Crippen molar-refractivity contribution >= 4 is 0 Å². The highest BCUT2D eigenvalue weighted by atomic mass is 16.3. The summed E-state index contributed by atoms with van der Waals surface area (Å²) in [6, 6.07) is 0. The Bertz CT molecular complexity index is 326. The molecule has 0 heterocycles. The van der Waals surface area contributed by atoms with E-state index in [4.69, 9.17) is 0 Å². The van der Waals surface area contributed by atoms with Crippen LogP contribution in [0.25, 0.3) is 0 Å². The maximum Gasteiger partial charge on any atom is 0.0568 e. The van der Waals surface area contributed by atoms with Gasteiger partial charge >= 0.3 is 0 Å². The second kappa shape index (κ2) is 27.2. The maximum absolute atomic E-state index is 10.9. The van der Waals surface area contributed by atoms with Crippen LogP contribution in [0.15, 0.2) is 0 Å². The molecule has 0 aromatic rings. The molecule has 0 aromatic carbocycles. The van der Waals surface area contributed by atoms with E-state index in [1.54, 1.807) is 0 Å². The van der Waals surface area contributed by atoms with E-state index in [-0.39, 0.29) is 6.10 Å². The van der Waals surface area contributed by atoms with Crippen molar-refractivity contribution in [3.8, 4) is 0 Å². The van der Waals surface area contributed by atoms with E-state index in [0.29, 0.717) is 5.92 Å². The zero-order valence-corrected chi connectivity index (χ0v) is 23.0. The number of aliphatic hydroxyl groups excluding tert-OH is 1. The van der Waals surface area contributed by atoms with E-state index < -0.39 is 0 Å². The van der Waals surface area contributed by atoms with Gasteiger partial charge in [0.2, 0.25) is 0 Å². The molecule has 0 aliphatic carbocycles. The molecule has 32 heavy (non-hydrogen) atoms. The molecule has 194 valence electrons. The molecule has 0 saturated carbocycles. The number of hydrogen-bond donors (Lipinski definition) is 1. The van der Waals surface area contributed by atoms with Crippen LogP contribution >= 0.6 is 0 Å². The number of aliphatic hydroxyl groups is 1. The van der Waals surface area contributed by atoms with E-state index in [0.717, 1.165) is 6.42 Å². The summed E-state index contributed by atoms with van der Waals surface area (Å²) in [6.45, 7) is 6.88. The zero-order valence-electron chi connectivity index (χ0n) is 23.0. The molecule has 2 atom stereocenters.